The molecule has 2 aliphatic rings. The summed E-state index contributed by atoms with van der Waals surface area (Å²) >= 11 is 1.40. The van der Waals surface area contributed by atoms with Gasteiger partial charge < -0.3 is 9.67 Å². The third-order valence-corrected chi connectivity index (χ3v) is 5.96. The molecule has 1 N–H and O–H groups in total. The summed E-state index contributed by atoms with van der Waals surface area (Å²) in [6, 6.07) is 0. The second-order valence-electron chi connectivity index (χ2n) is 6.27. The molecule has 20 heavy (non-hydrogen) atoms. The normalized spacial score (nSPS) is 20.2. The van der Waals surface area contributed by atoms with Crippen molar-refractivity contribution in [2.45, 2.75) is 64.3 Å². The molecule has 1 fully saturated rings. The number of rotatable bonds is 4. The molecule has 110 valence electrons. The van der Waals surface area contributed by atoms with Crippen molar-refractivity contribution in [3.05, 3.63) is 20.2 Å². The number of carbonyl (C=O) groups is 1. The van der Waals surface area contributed by atoms with Gasteiger partial charge in [0.2, 0.25) is 0 Å². The monoisotopic (exact) mass is 295 g/mol. The highest BCUT2D eigenvalue weighted by molar-refractivity contribution is 7.09. The van der Waals surface area contributed by atoms with Gasteiger partial charge in [-0.05, 0) is 43.9 Å². The SMILES string of the molecule is O=C(O)CCCn1c2c(sc1=O)CC1(CCCC1)CC2. The molecule has 0 amide bonds. The van der Waals surface area contributed by atoms with E-state index in [0.29, 0.717) is 18.4 Å². The molecule has 2 aliphatic carbocycles. The van der Waals surface area contributed by atoms with Gasteiger partial charge in [0.1, 0.15) is 0 Å². The molecule has 1 spiro atoms. The van der Waals surface area contributed by atoms with Gasteiger partial charge in [-0.15, -0.1) is 0 Å². The number of hydrogen-bond acceptors (Lipinski definition) is 3. The fourth-order valence-electron chi connectivity index (χ4n) is 3.87. The summed E-state index contributed by atoms with van der Waals surface area (Å²) in [7, 11) is 0. The predicted molar refractivity (Wildman–Crippen MR) is 78.4 cm³/mol. The third-order valence-electron chi connectivity index (χ3n) is 4.94. The number of thiazole rings is 1. The van der Waals surface area contributed by atoms with Crippen LogP contribution >= 0.6 is 11.3 Å². The van der Waals surface area contributed by atoms with Gasteiger partial charge in [-0.1, -0.05) is 24.2 Å². The van der Waals surface area contributed by atoms with Crippen molar-refractivity contribution < 1.29 is 9.90 Å². The molecule has 0 radical (unpaired) electrons. The number of carboxylic acids is 1. The van der Waals surface area contributed by atoms with Crippen LogP contribution in [0.4, 0.5) is 0 Å². The third kappa shape index (κ3) is 2.55. The van der Waals surface area contributed by atoms with Gasteiger partial charge in [0.25, 0.3) is 0 Å². The Kier molecular flexibility index (Phi) is 3.71. The highest BCUT2D eigenvalue weighted by Crippen LogP contribution is 2.48. The fourth-order valence-corrected chi connectivity index (χ4v) is 5.10. The Labute approximate surface area is 122 Å². The summed E-state index contributed by atoms with van der Waals surface area (Å²) in [6.45, 7) is 0.559. The lowest BCUT2D eigenvalue weighted by atomic mass is 9.74. The largest absolute Gasteiger partial charge is 0.481 e. The molecule has 1 aromatic rings. The lowest BCUT2D eigenvalue weighted by Gasteiger charge is -2.33. The lowest BCUT2D eigenvalue weighted by molar-refractivity contribution is -0.137. The summed E-state index contributed by atoms with van der Waals surface area (Å²) in [5.74, 6) is -0.785. The van der Waals surface area contributed by atoms with Gasteiger partial charge in [0.15, 0.2) is 0 Å². The molecular weight excluding hydrogens is 274 g/mol. The van der Waals surface area contributed by atoms with Crippen LogP contribution in [0.25, 0.3) is 0 Å². The quantitative estimate of drug-likeness (QED) is 0.929. The minimum Gasteiger partial charge on any atom is -0.481 e. The van der Waals surface area contributed by atoms with Gasteiger partial charge in [0, 0.05) is 23.5 Å². The lowest BCUT2D eigenvalue weighted by Crippen LogP contribution is -2.27. The van der Waals surface area contributed by atoms with Gasteiger partial charge in [0.05, 0.1) is 0 Å². The van der Waals surface area contributed by atoms with Crippen LogP contribution in [0.5, 0.6) is 0 Å². The summed E-state index contributed by atoms with van der Waals surface area (Å²) in [4.78, 5) is 24.1. The van der Waals surface area contributed by atoms with E-state index in [0.717, 1.165) is 12.8 Å². The summed E-state index contributed by atoms with van der Waals surface area (Å²) in [6.07, 6.45) is 9.27. The van der Waals surface area contributed by atoms with Crippen LogP contribution < -0.4 is 4.87 Å². The zero-order valence-corrected chi connectivity index (χ0v) is 12.5. The van der Waals surface area contributed by atoms with Crippen LogP contribution in [0.15, 0.2) is 4.79 Å². The summed E-state index contributed by atoms with van der Waals surface area (Å²) < 4.78 is 1.84. The first-order chi connectivity index (χ1) is 9.60. The Morgan fingerprint density at radius 2 is 2.05 bits per heavy atom. The number of nitrogens with zero attached hydrogens (tertiary/aromatic N) is 1. The number of carboxylic acid groups (broad SMARTS) is 1. The summed E-state index contributed by atoms with van der Waals surface area (Å²) in [5.41, 5.74) is 1.67. The average molecular weight is 295 g/mol. The molecule has 0 unspecified atom stereocenters. The van der Waals surface area contributed by atoms with E-state index in [4.69, 9.17) is 5.11 Å². The van der Waals surface area contributed by atoms with Crippen molar-refractivity contribution in [1.82, 2.24) is 4.57 Å². The Hall–Kier alpha value is -1.10. The van der Waals surface area contributed by atoms with E-state index in [9.17, 15) is 9.59 Å². The second-order valence-corrected chi connectivity index (χ2v) is 7.32. The number of hydrogen-bond donors (Lipinski definition) is 1. The molecule has 1 saturated carbocycles. The highest BCUT2D eigenvalue weighted by atomic mass is 32.1. The van der Waals surface area contributed by atoms with E-state index in [-0.39, 0.29) is 11.3 Å². The molecule has 4 nitrogen and oxygen atoms in total. The van der Waals surface area contributed by atoms with Crippen molar-refractivity contribution in [3.63, 3.8) is 0 Å². The van der Waals surface area contributed by atoms with E-state index in [1.54, 1.807) is 0 Å². The first-order valence-electron chi connectivity index (χ1n) is 7.53. The van der Waals surface area contributed by atoms with Crippen molar-refractivity contribution in [3.8, 4) is 0 Å². The Bertz CT molecular complexity index is 566. The standard InChI is InChI=1S/C15H21NO3S/c17-13(18)4-3-9-16-11-5-8-15(6-1-2-7-15)10-12(11)20-14(16)19/h1-10H2,(H,17,18). The van der Waals surface area contributed by atoms with Crippen LogP contribution in [0, 0.1) is 5.41 Å². The zero-order chi connectivity index (χ0) is 14.2. The minimum atomic E-state index is -0.785. The van der Waals surface area contributed by atoms with Crippen LogP contribution in [0.2, 0.25) is 0 Å². The van der Waals surface area contributed by atoms with Crippen molar-refractivity contribution >= 4 is 17.3 Å². The molecule has 0 atom stereocenters. The zero-order valence-electron chi connectivity index (χ0n) is 11.7. The van der Waals surface area contributed by atoms with Crippen LogP contribution in [0.1, 0.15) is 55.5 Å². The Morgan fingerprint density at radius 1 is 1.30 bits per heavy atom. The molecular formula is C15H21NO3S. The minimum absolute atomic E-state index is 0.107. The van der Waals surface area contributed by atoms with E-state index in [1.165, 1.54) is 54.0 Å². The maximum absolute atomic E-state index is 12.1. The van der Waals surface area contributed by atoms with E-state index in [2.05, 4.69) is 0 Å². The average Bonchev–Trinajstić information content (AvgIpc) is 2.95. The molecule has 0 bridgehead atoms. The fraction of sp³-hybridized carbons (Fsp3) is 0.733. The van der Waals surface area contributed by atoms with E-state index in [1.807, 2.05) is 4.57 Å². The van der Waals surface area contributed by atoms with Crippen molar-refractivity contribution in [2.75, 3.05) is 0 Å². The molecule has 0 aliphatic heterocycles. The van der Waals surface area contributed by atoms with Crippen molar-refractivity contribution in [1.29, 1.82) is 0 Å². The van der Waals surface area contributed by atoms with Gasteiger partial charge in [-0.3, -0.25) is 9.59 Å². The smallest absolute Gasteiger partial charge is 0.307 e. The Balaban J connectivity index is 1.77. The second kappa shape index (κ2) is 5.35. The predicted octanol–water partition coefficient (Wildman–Crippen LogP) is 2.82. The van der Waals surface area contributed by atoms with E-state index >= 15 is 0 Å². The van der Waals surface area contributed by atoms with Gasteiger partial charge in [-0.2, -0.15) is 0 Å². The number of aliphatic carboxylic acids is 1. The topological polar surface area (TPSA) is 59.3 Å². The molecule has 3 rings (SSSR count). The Morgan fingerprint density at radius 3 is 2.75 bits per heavy atom. The maximum atomic E-state index is 12.1. The first kappa shape index (κ1) is 13.9. The van der Waals surface area contributed by atoms with Crippen LogP contribution in [0.3, 0.4) is 0 Å². The summed E-state index contributed by atoms with van der Waals surface area (Å²) in [5, 5.41) is 8.70. The van der Waals surface area contributed by atoms with Gasteiger partial charge >= 0.3 is 10.8 Å². The van der Waals surface area contributed by atoms with E-state index < -0.39 is 5.97 Å². The molecule has 0 saturated heterocycles. The first-order valence-corrected chi connectivity index (χ1v) is 8.34. The number of fused-ring (bicyclic) bond motifs is 1. The number of aromatic nitrogens is 1. The maximum Gasteiger partial charge on any atom is 0.307 e. The van der Waals surface area contributed by atoms with Crippen LogP contribution in [-0.4, -0.2) is 15.6 Å². The van der Waals surface area contributed by atoms with Gasteiger partial charge in [-0.25, -0.2) is 0 Å². The van der Waals surface area contributed by atoms with Crippen molar-refractivity contribution in [2.24, 2.45) is 5.41 Å². The van der Waals surface area contributed by atoms with Crippen LogP contribution in [-0.2, 0) is 24.2 Å². The molecule has 5 heteroatoms. The molecule has 0 aromatic carbocycles. The molecule has 1 aromatic heterocycles. The highest BCUT2D eigenvalue weighted by Gasteiger charge is 2.38. The molecule has 1 heterocycles.